The van der Waals surface area contributed by atoms with E-state index in [-0.39, 0.29) is 23.9 Å². The summed E-state index contributed by atoms with van der Waals surface area (Å²) in [5.41, 5.74) is 0. The van der Waals surface area contributed by atoms with E-state index in [1.165, 1.54) is 16.7 Å². The van der Waals surface area contributed by atoms with Gasteiger partial charge in [0.25, 0.3) is 0 Å². The molecule has 0 aromatic carbocycles. The van der Waals surface area contributed by atoms with Gasteiger partial charge in [-0.25, -0.2) is 8.42 Å². The van der Waals surface area contributed by atoms with Gasteiger partial charge in [0.1, 0.15) is 4.90 Å². The maximum atomic E-state index is 12.1. The highest BCUT2D eigenvalue weighted by Crippen LogP contribution is 2.28. The van der Waals surface area contributed by atoms with E-state index in [4.69, 9.17) is 5.11 Å². The van der Waals surface area contributed by atoms with Crippen LogP contribution in [-0.4, -0.2) is 47.1 Å². The molecule has 0 bridgehead atoms. The van der Waals surface area contributed by atoms with Crippen molar-refractivity contribution >= 4 is 16.0 Å². The number of carbonyl (C=O) groups is 1. The summed E-state index contributed by atoms with van der Waals surface area (Å²) in [6.07, 6.45) is 2.50. The number of carboxylic acid groups (broad SMARTS) is 1. The first-order valence-corrected chi connectivity index (χ1v) is 6.58. The van der Waals surface area contributed by atoms with Gasteiger partial charge in [-0.1, -0.05) is 6.92 Å². The summed E-state index contributed by atoms with van der Waals surface area (Å²) < 4.78 is 25.4. The summed E-state index contributed by atoms with van der Waals surface area (Å²) in [6.45, 7) is 1.98. The third kappa shape index (κ3) is 2.05. The van der Waals surface area contributed by atoms with Crippen LogP contribution >= 0.6 is 0 Å². The third-order valence-corrected chi connectivity index (χ3v) is 4.80. The molecule has 0 radical (unpaired) electrons. The van der Waals surface area contributed by atoms with Crippen molar-refractivity contribution in [2.24, 2.45) is 11.8 Å². The molecule has 0 unspecified atom stereocenters. The molecular formula is C9H13N3O4S. The van der Waals surface area contributed by atoms with Gasteiger partial charge in [0, 0.05) is 19.3 Å². The molecule has 0 spiro atoms. The Morgan fingerprint density at radius 1 is 1.59 bits per heavy atom. The standard InChI is InChI=1S/C9H13N3O4S/c1-6-4-12(5-8(6)9(13)14)17(15,16)7-2-10-11-3-7/h2-3,6,8H,4-5H2,1H3,(H,10,11)(H,13,14)/t6-,8-/m1/s1. The first-order valence-electron chi connectivity index (χ1n) is 5.14. The number of hydrogen-bond acceptors (Lipinski definition) is 4. The van der Waals surface area contributed by atoms with E-state index in [2.05, 4.69) is 10.2 Å². The number of hydrogen-bond donors (Lipinski definition) is 2. The maximum Gasteiger partial charge on any atom is 0.308 e. The fourth-order valence-corrected chi connectivity index (χ4v) is 3.44. The Kier molecular flexibility index (Phi) is 2.92. The topological polar surface area (TPSA) is 103 Å². The Hall–Kier alpha value is -1.41. The van der Waals surface area contributed by atoms with Gasteiger partial charge in [0.15, 0.2) is 0 Å². The van der Waals surface area contributed by atoms with Gasteiger partial charge in [-0.15, -0.1) is 0 Å². The van der Waals surface area contributed by atoms with Crippen molar-refractivity contribution in [3.63, 3.8) is 0 Å². The van der Waals surface area contributed by atoms with Gasteiger partial charge in [0.2, 0.25) is 10.0 Å². The zero-order valence-corrected chi connectivity index (χ0v) is 10.0. The summed E-state index contributed by atoms with van der Waals surface area (Å²) in [7, 11) is -3.62. The van der Waals surface area contributed by atoms with Crippen molar-refractivity contribution < 1.29 is 18.3 Å². The van der Waals surface area contributed by atoms with Crippen LogP contribution in [0.5, 0.6) is 0 Å². The molecule has 1 saturated heterocycles. The van der Waals surface area contributed by atoms with E-state index in [1.807, 2.05) is 0 Å². The average Bonchev–Trinajstić information content (AvgIpc) is 2.84. The van der Waals surface area contributed by atoms with Crippen molar-refractivity contribution in [1.29, 1.82) is 0 Å². The number of nitrogens with zero attached hydrogens (tertiary/aromatic N) is 2. The van der Waals surface area contributed by atoms with E-state index in [1.54, 1.807) is 6.92 Å². The van der Waals surface area contributed by atoms with Crippen LogP contribution in [0.3, 0.4) is 0 Å². The zero-order chi connectivity index (χ0) is 12.6. The SMILES string of the molecule is C[C@@H]1CN(S(=O)(=O)c2cn[nH]c2)C[C@H]1C(=O)O. The van der Waals surface area contributed by atoms with Crippen molar-refractivity contribution in [2.45, 2.75) is 11.8 Å². The molecule has 0 saturated carbocycles. The van der Waals surface area contributed by atoms with Gasteiger partial charge in [0.05, 0.1) is 12.1 Å². The van der Waals surface area contributed by atoms with Gasteiger partial charge in [-0.2, -0.15) is 9.40 Å². The Labute approximate surface area is 98.5 Å². The first-order chi connectivity index (χ1) is 7.93. The first kappa shape index (κ1) is 12.1. The molecule has 0 aliphatic carbocycles. The Balaban J connectivity index is 2.24. The van der Waals surface area contributed by atoms with Crippen LogP contribution in [0.15, 0.2) is 17.3 Å². The van der Waals surface area contributed by atoms with Gasteiger partial charge < -0.3 is 5.11 Å². The lowest BCUT2D eigenvalue weighted by Gasteiger charge is -2.14. The molecule has 94 valence electrons. The molecule has 1 aromatic heterocycles. The molecule has 0 amide bonds. The zero-order valence-electron chi connectivity index (χ0n) is 9.20. The van der Waals surface area contributed by atoms with Crippen molar-refractivity contribution in [2.75, 3.05) is 13.1 Å². The highest BCUT2D eigenvalue weighted by atomic mass is 32.2. The third-order valence-electron chi connectivity index (χ3n) is 3.01. The number of H-pyrrole nitrogens is 1. The lowest BCUT2D eigenvalue weighted by molar-refractivity contribution is -0.142. The quantitative estimate of drug-likeness (QED) is 0.779. The Morgan fingerprint density at radius 3 is 2.76 bits per heavy atom. The predicted molar refractivity (Wildman–Crippen MR) is 57.6 cm³/mol. The van der Waals surface area contributed by atoms with E-state index < -0.39 is 21.9 Å². The van der Waals surface area contributed by atoms with Crippen LogP contribution in [0.4, 0.5) is 0 Å². The summed E-state index contributed by atoms with van der Waals surface area (Å²) in [4.78, 5) is 11.0. The highest BCUT2D eigenvalue weighted by Gasteiger charge is 2.40. The summed E-state index contributed by atoms with van der Waals surface area (Å²) in [6, 6.07) is 0. The maximum absolute atomic E-state index is 12.1. The number of nitrogens with one attached hydrogen (secondary N) is 1. The molecule has 2 heterocycles. The number of aromatic amines is 1. The number of aliphatic carboxylic acids is 1. The molecule has 2 N–H and O–H groups in total. The van der Waals surface area contributed by atoms with Crippen molar-refractivity contribution in [3.05, 3.63) is 12.4 Å². The molecular weight excluding hydrogens is 246 g/mol. The average molecular weight is 259 g/mol. The predicted octanol–water partition coefficient (Wildman–Crippen LogP) is -0.249. The van der Waals surface area contributed by atoms with Crippen LogP contribution in [0.1, 0.15) is 6.92 Å². The second kappa shape index (κ2) is 4.11. The van der Waals surface area contributed by atoms with Crippen LogP contribution in [0, 0.1) is 11.8 Å². The minimum atomic E-state index is -3.62. The molecule has 2 atom stereocenters. The second-order valence-electron chi connectivity index (χ2n) is 4.18. The minimum absolute atomic E-state index is 0.0179. The van der Waals surface area contributed by atoms with Crippen LogP contribution in [-0.2, 0) is 14.8 Å². The van der Waals surface area contributed by atoms with Crippen molar-refractivity contribution in [1.82, 2.24) is 14.5 Å². The summed E-state index contributed by atoms with van der Waals surface area (Å²) in [5.74, 6) is -1.78. The largest absolute Gasteiger partial charge is 0.481 e. The highest BCUT2D eigenvalue weighted by molar-refractivity contribution is 7.89. The van der Waals surface area contributed by atoms with Gasteiger partial charge in [-0.05, 0) is 5.92 Å². The summed E-state index contributed by atoms with van der Waals surface area (Å²) in [5, 5.41) is 15.0. The van der Waals surface area contributed by atoms with E-state index in [0.29, 0.717) is 0 Å². The molecule has 2 rings (SSSR count). The monoisotopic (exact) mass is 259 g/mol. The number of carboxylic acids is 1. The van der Waals surface area contributed by atoms with Crippen LogP contribution < -0.4 is 0 Å². The summed E-state index contributed by atoms with van der Waals surface area (Å²) >= 11 is 0. The molecule has 17 heavy (non-hydrogen) atoms. The van der Waals surface area contributed by atoms with Crippen LogP contribution in [0.2, 0.25) is 0 Å². The van der Waals surface area contributed by atoms with E-state index >= 15 is 0 Å². The number of sulfonamides is 1. The van der Waals surface area contributed by atoms with Crippen molar-refractivity contribution in [3.8, 4) is 0 Å². The second-order valence-corrected chi connectivity index (χ2v) is 6.12. The fourth-order valence-electron chi connectivity index (χ4n) is 1.97. The lowest BCUT2D eigenvalue weighted by atomic mass is 9.99. The van der Waals surface area contributed by atoms with Gasteiger partial charge in [-0.3, -0.25) is 9.89 Å². The molecule has 1 aromatic rings. The molecule has 1 aliphatic rings. The molecule has 1 fully saturated rings. The smallest absolute Gasteiger partial charge is 0.308 e. The van der Waals surface area contributed by atoms with Crippen LogP contribution in [0.25, 0.3) is 0 Å². The van der Waals surface area contributed by atoms with E-state index in [0.717, 1.165) is 0 Å². The molecule has 1 aliphatic heterocycles. The number of rotatable bonds is 3. The lowest BCUT2D eigenvalue weighted by Crippen LogP contribution is -2.29. The normalized spacial score (nSPS) is 26.2. The molecule has 8 heteroatoms. The fraction of sp³-hybridized carbons (Fsp3) is 0.556. The molecule has 7 nitrogen and oxygen atoms in total. The minimum Gasteiger partial charge on any atom is -0.481 e. The Morgan fingerprint density at radius 2 is 2.29 bits per heavy atom. The number of aromatic nitrogens is 2. The van der Waals surface area contributed by atoms with E-state index in [9.17, 15) is 13.2 Å². The van der Waals surface area contributed by atoms with Gasteiger partial charge >= 0.3 is 5.97 Å². The Bertz CT molecular complexity index is 510.